The van der Waals surface area contributed by atoms with Gasteiger partial charge in [0.15, 0.2) is 0 Å². The molecule has 0 saturated heterocycles. The number of benzene rings is 3. The fraction of sp³-hybridized carbons (Fsp3) is 0.189. The Morgan fingerprint density at radius 3 is 1.89 bits per heavy atom. The molecular weight excluding hydrogens is 550 g/mol. The number of aryl methyl sites for hydroxylation is 1. The molecule has 220 valence electrons. The third kappa shape index (κ3) is 6.37. The smallest absolute Gasteiger partial charge is 0.407 e. The van der Waals surface area contributed by atoms with E-state index in [1.807, 2.05) is 60.7 Å². The van der Waals surface area contributed by atoms with Crippen molar-refractivity contribution < 1.29 is 19.1 Å². The Morgan fingerprint density at radius 1 is 0.773 bits per heavy atom. The number of carbonyl (C=O) groups excluding carboxylic acids is 2. The first kappa shape index (κ1) is 28.8. The number of alkyl carbamates (subject to hydrolysis) is 1. The van der Waals surface area contributed by atoms with E-state index in [-0.39, 0.29) is 12.5 Å². The van der Waals surface area contributed by atoms with Crippen LogP contribution in [-0.2, 0) is 20.7 Å². The van der Waals surface area contributed by atoms with Gasteiger partial charge in [-0.2, -0.15) is 0 Å². The Hall–Kier alpha value is -5.30. The topological polar surface area (TPSA) is 90.4 Å². The maximum Gasteiger partial charge on any atom is 0.407 e. The third-order valence-electron chi connectivity index (χ3n) is 7.99. The van der Waals surface area contributed by atoms with Gasteiger partial charge in [0.05, 0.1) is 18.5 Å². The van der Waals surface area contributed by atoms with Gasteiger partial charge in [0.1, 0.15) is 12.6 Å². The lowest BCUT2D eigenvalue weighted by molar-refractivity contribution is -0.143. The molecule has 1 N–H and O–H groups in total. The molecule has 0 fully saturated rings. The standard InChI is InChI=1S/C37H33N3O4/c1-43-36(41)35(40-37(42)44-24-32-30-14-4-2-12-28(30)29-13-3-5-15-31(29)32)18-10-11-25-21-26(33-16-6-8-19-38-33)23-27(22-25)34-17-7-9-20-39-34/h2-9,12-17,19-23,32,35H,10-11,18,24H2,1H3,(H,40,42)/t35-/m0/s1. The second kappa shape index (κ2) is 13.3. The molecule has 0 unspecified atom stereocenters. The lowest BCUT2D eigenvalue weighted by atomic mass is 9.97. The first-order valence-electron chi connectivity index (χ1n) is 14.8. The molecule has 0 aliphatic heterocycles. The Balaban J connectivity index is 1.12. The van der Waals surface area contributed by atoms with Gasteiger partial charge in [0.25, 0.3) is 0 Å². The Labute approximate surface area is 256 Å². The lowest BCUT2D eigenvalue weighted by Crippen LogP contribution is -2.42. The molecule has 7 heteroatoms. The molecule has 3 aromatic carbocycles. The lowest BCUT2D eigenvalue weighted by Gasteiger charge is -2.18. The van der Waals surface area contributed by atoms with Crippen molar-refractivity contribution in [2.75, 3.05) is 13.7 Å². The third-order valence-corrected chi connectivity index (χ3v) is 7.99. The molecule has 44 heavy (non-hydrogen) atoms. The number of hydrogen-bond acceptors (Lipinski definition) is 6. The molecule has 2 heterocycles. The van der Waals surface area contributed by atoms with E-state index in [0.717, 1.165) is 50.3 Å². The van der Waals surface area contributed by atoms with Crippen LogP contribution in [0.3, 0.4) is 0 Å². The van der Waals surface area contributed by atoms with Gasteiger partial charge in [-0.1, -0.05) is 60.7 Å². The number of carbonyl (C=O) groups is 2. The maximum atomic E-state index is 12.9. The number of nitrogens with one attached hydrogen (secondary N) is 1. The Morgan fingerprint density at radius 2 is 1.34 bits per heavy atom. The fourth-order valence-corrected chi connectivity index (χ4v) is 5.88. The molecule has 0 spiro atoms. The zero-order valence-corrected chi connectivity index (χ0v) is 24.5. The number of fused-ring (bicyclic) bond motifs is 3. The molecular formula is C37H33N3O4. The Kier molecular flexibility index (Phi) is 8.73. The number of amides is 1. The van der Waals surface area contributed by atoms with Gasteiger partial charge in [-0.25, -0.2) is 9.59 Å². The SMILES string of the molecule is COC(=O)[C@H](CCCc1cc(-c2ccccn2)cc(-c2ccccn2)c1)NC(=O)OCC1c2ccccc2-c2ccccc21. The van der Waals surface area contributed by atoms with E-state index in [1.165, 1.54) is 7.11 Å². The van der Waals surface area contributed by atoms with Crippen LogP contribution in [0.4, 0.5) is 4.79 Å². The molecule has 0 bridgehead atoms. The fourth-order valence-electron chi connectivity index (χ4n) is 5.88. The second-order valence-electron chi connectivity index (χ2n) is 10.8. The summed E-state index contributed by atoms with van der Waals surface area (Å²) in [5.74, 6) is -0.570. The average molecular weight is 584 g/mol. The highest BCUT2D eigenvalue weighted by Crippen LogP contribution is 2.44. The summed E-state index contributed by atoms with van der Waals surface area (Å²) in [7, 11) is 1.32. The van der Waals surface area contributed by atoms with Gasteiger partial charge in [-0.3, -0.25) is 9.97 Å². The number of methoxy groups -OCH3 is 1. The van der Waals surface area contributed by atoms with Gasteiger partial charge in [-0.15, -0.1) is 0 Å². The van der Waals surface area contributed by atoms with Gasteiger partial charge in [0, 0.05) is 29.4 Å². The van der Waals surface area contributed by atoms with Crippen molar-refractivity contribution in [2.45, 2.75) is 31.2 Å². The summed E-state index contributed by atoms with van der Waals surface area (Å²) >= 11 is 0. The van der Waals surface area contributed by atoms with E-state index in [9.17, 15) is 9.59 Å². The number of aromatic nitrogens is 2. The number of pyridine rings is 2. The molecule has 0 radical (unpaired) electrons. The summed E-state index contributed by atoms with van der Waals surface area (Å²) in [6, 6.07) is 33.5. The minimum absolute atomic E-state index is 0.0654. The van der Waals surface area contributed by atoms with Crippen LogP contribution in [0.2, 0.25) is 0 Å². The monoisotopic (exact) mass is 583 g/mol. The minimum Gasteiger partial charge on any atom is -0.467 e. The normalized spacial score (nSPS) is 12.6. The number of ether oxygens (including phenoxy) is 2. The van der Waals surface area contributed by atoms with Crippen LogP contribution in [0.1, 0.15) is 35.4 Å². The van der Waals surface area contributed by atoms with Crippen LogP contribution in [-0.4, -0.2) is 41.8 Å². The quantitative estimate of drug-likeness (QED) is 0.175. The number of esters is 1. The summed E-state index contributed by atoms with van der Waals surface area (Å²) < 4.78 is 10.7. The van der Waals surface area contributed by atoms with E-state index in [4.69, 9.17) is 9.47 Å². The van der Waals surface area contributed by atoms with Gasteiger partial charge in [-0.05, 0) is 89.5 Å². The van der Waals surface area contributed by atoms with Crippen LogP contribution in [0, 0.1) is 0 Å². The first-order chi connectivity index (χ1) is 21.6. The van der Waals surface area contributed by atoms with Crippen molar-refractivity contribution in [3.05, 3.63) is 132 Å². The number of nitrogens with zero attached hydrogens (tertiary/aromatic N) is 2. The predicted molar refractivity (Wildman–Crippen MR) is 170 cm³/mol. The highest BCUT2D eigenvalue weighted by Gasteiger charge is 2.30. The van der Waals surface area contributed by atoms with E-state index in [0.29, 0.717) is 19.3 Å². The van der Waals surface area contributed by atoms with Gasteiger partial charge >= 0.3 is 12.1 Å². The molecule has 0 saturated carbocycles. The minimum atomic E-state index is -0.829. The average Bonchev–Trinajstić information content (AvgIpc) is 3.40. The van der Waals surface area contributed by atoms with Gasteiger partial charge in [0.2, 0.25) is 0 Å². The van der Waals surface area contributed by atoms with E-state index in [1.54, 1.807) is 12.4 Å². The van der Waals surface area contributed by atoms with Crippen LogP contribution in [0.15, 0.2) is 116 Å². The Bertz CT molecular complexity index is 1650. The zero-order valence-electron chi connectivity index (χ0n) is 24.5. The molecule has 1 aliphatic carbocycles. The second-order valence-corrected chi connectivity index (χ2v) is 10.8. The molecule has 1 amide bonds. The largest absolute Gasteiger partial charge is 0.467 e. The molecule has 7 nitrogen and oxygen atoms in total. The summed E-state index contributed by atoms with van der Waals surface area (Å²) in [6.07, 6.45) is 4.62. The number of rotatable bonds is 10. The molecule has 5 aromatic rings. The van der Waals surface area contributed by atoms with Crippen molar-refractivity contribution in [3.8, 4) is 33.6 Å². The first-order valence-corrected chi connectivity index (χ1v) is 14.8. The molecule has 2 aromatic heterocycles. The van der Waals surface area contributed by atoms with Crippen molar-refractivity contribution in [2.24, 2.45) is 0 Å². The van der Waals surface area contributed by atoms with Crippen LogP contribution in [0.25, 0.3) is 33.6 Å². The van der Waals surface area contributed by atoms with E-state index < -0.39 is 18.1 Å². The molecule has 1 aliphatic rings. The highest BCUT2D eigenvalue weighted by atomic mass is 16.6. The van der Waals surface area contributed by atoms with Crippen LogP contribution < -0.4 is 5.32 Å². The predicted octanol–water partition coefficient (Wildman–Crippen LogP) is 7.21. The van der Waals surface area contributed by atoms with E-state index in [2.05, 4.69) is 57.7 Å². The van der Waals surface area contributed by atoms with Crippen LogP contribution in [0.5, 0.6) is 0 Å². The summed E-state index contributed by atoms with van der Waals surface area (Å²) in [4.78, 5) is 34.6. The zero-order chi connectivity index (χ0) is 30.3. The van der Waals surface area contributed by atoms with Gasteiger partial charge < -0.3 is 14.8 Å². The molecule has 6 rings (SSSR count). The van der Waals surface area contributed by atoms with Crippen molar-refractivity contribution >= 4 is 12.1 Å². The van der Waals surface area contributed by atoms with Crippen molar-refractivity contribution in [1.29, 1.82) is 0 Å². The van der Waals surface area contributed by atoms with Crippen molar-refractivity contribution in [1.82, 2.24) is 15.3 Å². The maximum absolute atomic E-state index is 12.9. The summed E-state index contributed by atoms with van der Waals surface area (Å²) in [5, 5.41) is 2.74. The summed E-state index contributed by atoms with van der Waals surface area (Å²) in [5.41, 5.74) is 9.37. The van der Waals surface area contributed by atoms with Crippen molar-refractivity contribution in [3.63, 3.8) is 0 Å². The molecule has 1 atom stereocenters. The number of hydrogen-bond donors (Lipinski definition) is 1. The summed E-state index contributed by atoms with van der Waals surface area (Å²) in [6.45, 7) is 0.171. The van der Waals surface area contributed by atoms with Crippen LogP contribution >= 0.6 is 0 Å². The van der Waals surface area contributed by atoms with E-state index >= 15 is 0 Å². The highest BCUT2D eigenvalue weighted by molar-refractivity contribution is 5.82.